The molecule has 2 aliphatic rings. The van der Waals surface area contributed by atoms with Gasteiger partial charge in [-0.1, -0.05) is 18.2 Å². The highest BCUT2D eigenvalue weighted by atomic mass is 16.2. The number of amides is 2. The maximum Gasteiger partial charge on any atom is 0.262 e. The smallest absolute Gasteiger partial charge is 0.262 e. The Hall–Kier alpha value is -3.74. The highest BCUT2D eigenvalue weighted by molar-refractivity contribution is 6.10. The van der Waals surface area contributed by atoms with Crippen molar-refractivity contribution in [1.29, 1.82) is 0 Å². The number of fused-ring (bicyclic) bond motifs is 1. The topological polar surface area (TPSA) is 69.6 Å². The Balaban J connectivity index is 1.35. The van der Waals surface area contributed by atoms with Crippen molar-refractivity contribution in [2.24, 2.45) is 0 Å². The number of rotatable bonds is 3. The summed E-state index contributed by atoms with van der Waals surface area (Å²) in [7, 11) is 0. The zero-order valence-electron chi connectivity index (χ0n) is 17.9. The van der Waals surface area contributed by atoms with Crippen molar-refractivity contribution in [2.45, 2.75) is 12.8 Å². The Labute approximate surface area is 187 Å². The lowest BCUT2D eigenvalue weighted by Crippen LogP contribution is -2.36. The van der Waals surface area contributed by atoms with Gasteiger partial charge in [0, 0.05) is 62.6 Å². The number of benzene rings is 1. The normalized spacial score (nSPS) is 15.9. The van der Waals surface area contributed by atoms with Crippen LogP contribution in [0.5, 0.6) is 0 Å². The summed E-state index contributed by atoms with van der Waals surface area (Å²) in [4.78, 5) is 40.8. The monoisotopic (exact) mass is 427 g/mol. The zero-order chi connectivity index (χ0) is 21.9. The SMILES string of the molecule is O=C(c1ccncc1)N1CCCN(c2ncccc2C(=O)N2CCc3ccccc32)CC1. The van der Waals surface area contributed by atoms with Crippen LogP contribution in [-0.4, -0.2) is 59.4 Å². The van der Waals surface area contributed by atoms with Crippen LogP contribution in [0, 0.1) is 0 Å². The molecule has 0 unspecified atom stereocenters. The number of aromatic nitrogens is 2. The predicted molar refractivity (Wildman–Crippen MR) is 123 cm³/mol. The Morgan fingerprint density at radius 2 is 1.62 bits per heavy atom. The van der Waals surface area contributed by atoms with Gasteiger partial charge < -0.3 is 14.7 Å². The second-order valence-corrected chi connectivity index (χ2v) is 8.08. The second kappa shape index (κ2) is 8.78. The molecule has 0 radical (unpaired) electrons. The molecule has 1 fully saturated rings. The van der Waals surface area contributed by atoms with Gasteiger partial charge in [0.1, 0.15) is 5.82 Å². The van der Waals surface area contributed by atoms with Crippen molar-refractivity contribution >= 4 is 23.3 Å². The number of pyridine rings is 2. The van der Waals surface area contributed by atoms with E-state index in [1.54, 1.807) is 30.7 Å². The highest BCUT2D eigenvalue weighted by Crippen LogP contribution is 2.30. The van der Waals surface area contributed by atoms with Gasteiger partial charge in [-0.15, -0.1) is 0 Å². The number of carbonyl (C=O) groups is 2. The third kappa shape index (κ3) is 3.82. The number of anilines is 2. The van der Waals surface area contributed by atoms with Crippen LogP contribution in [0.2, 0.25) is 0 Å². The van der Waals surface area contributed by atoms with Gasteiger partial charge in [-0.25, -0.2) is 4.98 Å². The van der Waals surface area contributed by atoms with Gasteiger partial charge in [0.25, 0.3) is 11.8 Å². The highest BCUT2D eigenvalue weighted by Gasteiger charge is 2.29. The lowest BCUT2D eigenvalue weighted by molar-refractivity contribution is 0.0766. The molecule has 1 aromatic carbocycles. The quantitative estimate of drug-likeness (QED) is 0.643. The van der Waals surface area contributed by atoms with Gasteiger partial charge >= 0.3 is 0 Å². The number of para-hydroxylation sites is 1. The fraction of sp³-hybridized carbons (Fsp3) is 0.280. The minimum absolute atomic E-state index is 0.0141. The average molecular weight is 428 g/mol. The zero-order valence-corrected chi connectivity index (χ0v) is 17.9. The van der Waals surface area contributed by atoms with Gasteiger partial charge in [0.2, 0.25) is 0 Å². The number of hydrogen-bond acceptors (Lipinski definition) is 5. The average Bonchev–Trinajstić information content (AvgIpc) is 3.13. The van der Waals surface area contributed by atoms with Crippen LogP contribution in [0.25, 0.3) is 0 Å². The van der Waals surface area contributed by atoms with E-state index < -0.39 is 0 Å². The molecule has 0 saturated carbocycles. The number of carbonyl (C=O) groups excluding carboxylic acids is 2. The molecule has 3 aromatic rings. The Morgan fingerprint density at radius 3 is 2.50 bits per heavy atom. The van der Waals surface area contributed by atoms with Crippen molar-refractivity contribution in [2.75, 3.05) is 42.5 Å². The predicted octanol–water partition coefficient (Wildman–Crippen LogP) is 3.03. The minimum atomic E-state index is -0.0213. The van der Waals surface area contributed by atoms with Gasteiger partial charge in [-0.3, -0.25) is 14.6 Å². The van der Waals surface area contributed by atoms with Crippen molar-refractivity contribution < 1.29 is 9.59 Å². The first-order valence-corrected chi connectivity index (χ1v) is 11.0. The molecule has 0 aliphatic carbocycles. The Morgan fingerprint density at radius 1 is 0.781 bits per heavy atom. The summed E-state index contributed by atoms with van der Waals surface area (Å²) in [5, 5.41) is 0. The van der Waals surface area contributed by atoms with E-state index in [9.17, 15) is 9.59 Å². The lowest BCUT2D eigenvalue weighted by Gasteiger charge is -2.26. The van der Waals surface area contributed by atoms with E-state index in [-0.39, 0.29) is 11.8 Å². The minimum Gasteiger partial charge on any atom is -0.354 e. The Bertz CT molecular complexity index is 1130. The number of hydrogen-bond donors (Lipinski definition) is 0. The molecular weight excluding hydrogens is 402 g/mol. The summed E-state index contributed by atoms with van der Waals surface area (Å²) in [6, 6.07) is 15.2. The third-order valence-electron chi connectivity index (χ3n) is 6.16. The van der Waals surface area contributed by atoms with E-state index in [4.69, 9.17) is 0 Å². The van der Waals surface area contributed by atoms with E-state index in [0.29, 0.717) is 43.1 Å². The first-order chi connectivity index (χ1) is 15.7. The molecule has 2 aliphatic heterocycles. The molecule has 0 spiro atoms. The maximum absolute atomic E-state index is 13.5. The van der Waals surface area contributed by atoms with Gasteiger partial charge in [-0.2, -0.15) is 0 Å². The van der Waals surface area contributed by atoms with Gasteiger partial charge in [0.15, 0.2) is 0 Å². The van der Waals surface area contributed by atoms with Crippen LogP contribution >= 0.6 is 0 Å². The van der Waals surface area contributed by atoms with Crippen LogP contribution in [-0.2, 0) is 6.42 Å². The molecule has 32 heavy (non-hydrogen) atoms. The number of nitrogens with zero attached hydrogens (tertiary/aromatic N) is 5. The summed E-state index contributed by atoms with van der Waals surface area (Å²) in [6.07, 6.45) is 6.69. The molecule has 0 N–H and O–H groups in total. The molecule has 5 rings (SSSR count). The van der Waals surface area contributed by atoms with E-state index >= 15 is 0 Å². The standard InChI is InChI=1S/C25H25N5O2/c31-24(20-8-12-26-13-9-20)29-15-4-14-28(17-18-29)23-21(6-3-11-27-23)25(32)30-16-10-19-5-1-2-7-22(19)30/h1-3,5-9,11-13H,4,10,14-18H2. The van der Waals surface area contributed by atoms with Crippen LogP contribution in [0.4, 0.5) is 11.5 Å². The van der Waals surface area contributed by atoms with Crippen LogP contribution in [0.3, 0.4) is 0 Å². The van der Waals surface area contributed by atoms with Crippen LogP contribution in [0.1, 0.15) is 32.7 Å². The molecule has 0 atom stereocenters. The first kappa shape index (κ1) is 20.2. The van der Waals surface area contributed by atoms with Crippen molar-refractivity contribution in [3.63, 3.8) is 0 Å². The van der Waals surface area contributed by atoms with Crippen molar-refractivity contribution in [1.82, 2.24) is 14.9 Å². The fourth-order valence-electron chi connectivity index (χ4n) is 4.52. The van der Waals surface area contributed by atoms with E-state index in [1.165, 1.54) is 5.56 Å². The van der Waals surface area contributed by atoms with Crippen molar-refractivity contribution in [3.05, 3.63) is 83.8 Å². The Kier molecular flexibility index (Phi) is 5.54. The summed E-state index contributed by atoms with van der Waals surface area (Å²) in [5.74, 6) is 0.687. The molecule has 4 heterocycles. The lowest BCUT2D eigenvalue weighted by atomic mass is 10.1. The summed E-state index contributed by atoms with van der Waals surface area (Å²) >= 11 is 0. The summed E-state index contributed by atoms with van der Waals surface area (Å²) < 4.78 is 0. The van der Waals surface area contributed by atoms with Gasteiger partial charge in [-0.05, 0) is 48.7 Å². The second-order valence-electron chi connectivity index (χ2n) is 8.08. The summed E-state index contributed by atoms with van der Waals surface area (Å²) in [6.45, 7) is 3.31. The first-order valence-electron chi connectivity index (χ1n) is 11.0. The van der Waals surface area contributed by atoms with Crippen LogP contribution in [0.15, 0.2) is 67.1 Å². The third-order valence-corrected chi connectivity index (χ3v) is 6.16. The molecule has 2 aromatic heterocycles. The van der Waals surface area contributed by atoms with Gasteiger partial charge in [0.05, 0.1) is 5.56 Å². The summed E-state index contributed by atoms with van der Waals surface area (Å²) in [5.41, 5.74) is 3.44. The fourth-order valence-corrected chi connectivity index (χ4v) is 4.52. The molecule has 7 heteroatoms. The van der Waals surface area contributed by atoms with E-state index in [2.05, 4.69) is 20.9 Å². The molecular formula is C25H25N5O2. The van der Waals surface area contributed by atoms with E-state index in [0.717, 1.165) is 25.1 Å². The molecule has 2 amide bonds. The molecule has 0 bridgehead atoms. The largest absolute Gasteiger partial charge is 0.354 e. The molecule has 7 nitrogen and oxygen atoms in total. The van der Waals surface area contributed by atoms with Crippen LogP contribution < -0.4 is 9.80 Å². The maximum atomic E-state index is 13.5. The molecule has 162 valence electrons. The van der Waals surface area contributed by atoms with Crippen molar-refractivity contribution in [3.8, 4) is 0 Å². The molecule has 1 saturated heterocycles. The van der Waals surface area contributed by atoms with E-state index in [1.807, 2.05) is 40.1 Å².